The van der Waals surface area contributed by atoms with E-state index in [9.17, 15) is 14.7 Å². The Morgan fingerprint density at radius 2 is 2.00 bits per heavy atom. The van der Waals surface area contributed by atoms with Gasteiger partial charge in [-0.05, 0) is 29.5 Å². The minimum Gasteiger partial charge on any atom is -0.508 e. The molecule has 2 heterocycles. The molecule has 2 N–H and O–H groups in total. The van der Waals surface area contributed by atoms with Crippen LogP contribution in [-0.2, 0) is 14.3 Å². The summed E-state index contributed by atoms with van der Waals surface area (Å²) in [6.45, 7) is 10.4. The summed E-state index contributed by atoms with van der Waals surface area (Å²) in [5, 5.41) is 13.4. The molecule has 6 nitrogen and oxygen atoms in total. The van der Waals surface area contributed by atoms with E-state index in [1.807, 2.05) is 6.07 Å². The third kappa shape index (κ3) is 3.69. The number of hydrogen-bond acceptors (Lipinski definition) is 5. The molecule has 1 saturated heterocycles. The molecule has 1 fully saturated rings. The number of Topliss-reactive ketones (excluding diaryl/α,β-unsaturated/α-hetero) is 1. The first-order valence-corrected chi connectivity index (χ1v) is 10.1. The number of ketones is 1. The van der Waals surface area contributed by atoms with E-state index in [-0.39, 0.29) is 22.9 Å². The third-order valence-electron chi connectivity index (χ3n) is 6.07. The smallest absolute Gasteiger partial charge is 0.232 e. The fourth-order valence-corrected chi connectivity index (χ4v) is 4.80. The SMILES string of the molecule is C=C1NC2=C(C(=O)CC(C)(C)C2)C(c2cccc(O)c2)C1C(=O)N1CCOCC1. The van der Waals surface area contributed by atoms with Gasteiger partial charge in [0.2, 0.25) is 5.91 Å². The number of hydrogen-bond donors (Lipinski definition) is 2. The number of nitrogens with one attached hydrogen (secondary N) is 1. The summed E-state index contributed by atoms with van der Waals surface area (Å²) in [6.07, 6.45) is 1.16. The van der Waals surface area contributed by atoms with E-state index < -0.39 is 11.8 Å². The number of carbonyl (C=O) groups excluding carboxylic acids is 2. The summed E-state index contributed by atoms with van der Waals surface area (Å²) < 4.78 is 5.39. The molecular weight excluding hydrogens is 368 g/mol. The minimum atomic E-state index is -0.598. The molecule has 29 heavy (non-hydrogen) atoms. The van der Waals surface area contributed by atoms with E-state index in [4.69, 9.17) is 4.74 Å². The molecular formula is C23H28N2O4. The molecule has 2 unspecified atom stereocenters. The van der Waals surface area contributed by atoms with Gasteiger partial charge in [0.1, 0.15) is 5.75 Å². The zero-order valence-corrected chi connectivity index (χ0v) is 17.0. The molecule has 1 aromatic carbocycles. The maximum Gasteiger partial charge on any atom is 0.232 e. The minimum absolute atomic E-state index is 0.0525. The van der Waals surface area contributed by atoms with Gasteiger partial charge in [0, 0.05) is 42.4 Å². The summed E-state index contributed by atoms with van der Waals surface area (Å²) in [5.74, 6) is -0.925. The maximum absolute atomic E-state index is 13.5. The second kappa shape index (κ2) is 7.34. The average molecular weight is 396 g/mol. The van der Waals surface area contributed by atoms with Gasteiger partial charge < -0.3 is 20.1 Å². The zero-order chi connectivity index (χ0) is 20.8. The largest absolute Gasteiger partial charge is 0.508 e. The quantitative estimate of drug-likeness (QED) is 0.804. The molecule has 0 aromatic heterocycles. The van der Waals surface area contributed by atoms with Crippen molar-refractivity contribution < 1.29 is 19.4 Å². The van der Waals surface area contributed by atoms with Crippen LogP contribution in [0.4, 0.5) is 0 Å². The standard InChI is InChI=1S/C23H28N2O4/c1-14-19(22(28)25-7-9-29-10-8-25)20(15-5-4-6-16(26)11-15)21-17(24-14)12-23(2,3)13-18(21)27/h4-6,11,19-20,24,26H,1,7-10,12-13H2,2-3H3. The fourth-order valence-electron chi connectivity index (χ4n) is 4.80. The molecule has 1 aromatic rings. The molecule has 0 spiro atoms. The van der Waals surface area contributed by atoms with Crippen molar-refractivity contribution in [3.8, 4) is 5.75 Å². The van der Waals surface area contributed by atoms with Gasteiger partial charge in [0.05, 0.1) is 19.1 Å². The number of allylic oxidation sites excluding steroid dienone is 2. The molecule has 1 aliphatic carbocycles. The normalized spacial score (nSPS) is 26.8. The Balaban J connectivity index is 1.82. The Morgan fingerprint density at radius 3 is 2.69 bits per heavy atom. The Labute approximate surface area is 171 Å². The van der Waals surface area contributed by atoms with Crippen molar-refractivity contribution in [2.45, 2.75) is 32.6 Å². The predicted octanol–water partition coefficient (Wildman–Crippen LogP) is 2.71. The number of aromatic hydroxyl groups is 1. The molecule has 0 bridgehead atoms. The average Bonchev–Trinajstić information content (AvgIpc) is 2.66. The Bertz CT molecular complexity index is 896. The van der Waals surface area contributed by atoms with Crippen LogP contribution in [0.3, 0.4) is 0 Å². The van der Waals surface area contributed by atoms with Crippen molar-refractivity contribution in [3.05, 3.63) is 53.4 Å². The Kier molecular flexibility index (Phi) is 4.99. The van der Waals surface area contributed by atoms with Crippen molar-refractivity contribution in [3.63, 3.8) is 0 Å². The number of rotatable bonds is 2. The molecule has 1 amide bonds. The number of benzene rings is 1. The number of phenols is 1. The Morgan fingerprint density at radius 1 is 1.28 bits per heavy atom. The number of morpholine rings is 1. The molecule has 4 rings (SSSR count). The molecule has 2 aliphatic heterocycles. The van der Waals surface area contributed by atoms with Gasteiger partial charge in [0.25, 0.3) is 0 Å². The number of phenolic OH excluding ortho intramolecular Hbond substituents is 1. The zero-order valence-electron chi connectivity index (χ0n) is 17.0. The van der Waals surface area contributed by atoms with Crippen LogP contribution in [0, 0.1) is 11.3 Å². The fraction of sp³-hybridized carbons (Fsp3) is 0.478. The van der Waals surface area contributed by atoms with Gasteiger partial charge in [0.15, 0.2) is 5.78 Å². The van der Waals surface area contributed by atoms with Crippen LogP contribution < -0.4 is 5.32 Å². The predicted molar refractivity (Wildman–Crippen MR) is 109 cm³/mol. The molecule has 0 saturated carbocycles. The number of ether oxygens (including phenoxy) is 1. The number of amides is 1. The van der Waals surface area contributed by atoms with Crippen LogP contribution >= 0.6 is 0 Å². The van der Waals surface area contributed by atoms with Gasteiger partial charge >= 0.3 is 0 Å². The summed E-state index contributed by atoms with van der Waals surface area (Å²) in [5.41, 5.74) is 2.75. The van der Waals surface area contributed by atoms with E-state index in [0.29, 0.717) is 44.0 Å². The van der Waals surface area contributed by atoms with Crippen LogP contribution in [0.5, 0.6) is 5.75 Å². The second-order valence-electron chi connectivity index (χ2n) is 8.97. The highest BCUT2D eigenvalue weighted by molar-refractivity contribution is 6.01. The highest BCUT2D eigenvalue weighted by Gasteiger charge is 2.47. The summed E-state index contributed by atoms with van der Waals surface area (Å²) >= 11 is 0. The lowest BCUT2D eigenvalue weighted by molar-refractivity contribution is -0.139. The highest BCUT2D eigenvalue weighted by Crippen LogP contribution is 2.48. The number of nitrogens with zero attached hydrogens (tertiary/aromatic N) is 1. The summed E-state index contributed by atoms with van der Waals surface area (Å²) in [7, 11) is 0. The third-order valence-corrected chi connectivity index (χ3v) is 6.07. The monoisotopic (exact) mass is 396 g/mol. The van der Waals surface area contributed by atoms with Crippen molar-refractivity contribution in [2.24, 2.45) is 11.3 Å². The van der Waals surface area contributed by atoms with Crippen molar-refractivity contribution in [1.29, 1.82) is 0 Å². The van der Waals surface area contributed by atoms with Gasteiger partial charge in [-0.25, -0.2) is 0 Å². The lowest BCUT2D eigenvalue weighted by Crippen LogP contribution is -2.50. The van der Waals surface area contributed by atoms with E-state index in [1.165, 1.54) is 0 Å². The van der Waals surface area contributed by atoms with Crippen molar-refractivity contribution >= 4 is 11.7 Å². The molecule has 2 atom stereocenters. The van der Waals surface area contributed by atoms with Crippen LogP contribution in [0.25, 0.3) is 0 Å². The van der Waals surface area contributed by atoms with Crippen molar-refractivity contribution in [1.82, 2.24) is 10.2 Å². The first kappa shape index (κ1) is 19.7. The maximum atomic E-state index is 13.5. The lowest BCUT2D eigenvalue weighted by Gasteiger charge is -2.44. The van der Waals surface area contributed by atoms with Crippen LogP contribution in [0.2, 0.25) is 0 Å². The van der Waals surface area contributed by atoms with Gasteiger partial charge in [-0.1, -0.05) is 32.6 Å². The van der Waals surface area contributed by atoms with Gasteiger partial charge in [-0.15, -0.1) is 0 Å². The van der Waals surface area contributed by atoms with E-state index in [1.54, 1.807) is 23.1 Å². The first-order chi connectivity index (χ1) is 13.8. The highest BCUT2D eigenvalue weighted by atomic mass is 16.5. The number of carbonyl (C=O) groups is 2. The van der Waals surface area contributed by atoms with Gasteiger partial charge in [-0.3, -0.25) is 9.59 Å². The second-order valence-corrected chi connectivity index (χ2v) is 8.97. The van der Waals surface area contributed by atoms with E-state index >= 15 is 0 Å². The van der Waals surface area contributed by atoms with Crippen molar-refractivity contribution in [2.75, 3.05) is 26.3 Å². The lowest BCUT2D eigenvalue weighted by atomic mass is 9.66. The van der Waals surface area contributed by atoms with Crippen LogP contribution in [-0.4, -0.2) is 48.0 Å². The first-order valence-electron chi connectivity index (χ1n) is 10.1. The summed E-state index contributed by atoms with van der Waals surface area (Å²) in [4.78, 5) is 28.5. The summed E-state index contributed by atoms with van der Waals surface area (Å²) in [6, 6.07) is 6.88. The van der Waals surface area contributed by atoms with E-state index in [0.717, 1.165) is 17.7 Å². The molecule has 3 aliphatic rings. The van der Waals surface area contributed by atoms with Crippen LogP contribution in [0.15, 0.2) is 47.8 Å². The van der Waals surface area contributed by atoms with Crippen LogP contribution in [0.1, 0.15) is 38.2 Å². The van der Waals surface area contributed by atoms with E-state index in [2.05, 4.69) is 25.7 Å². The van der Waals surface area contributed by atoms with Gasteiger partial charge in [-0.2, -0.15) is 0 Å². The molecule has 0 radical (unpaired) electrons. The molecule has 6 heteroatoms. The topological polar surface area (TPSA) is 78.9 Å². The Hall–Kier alpha value is -2.60. The molecule has 154 valence electrons.